The lowest BCUT2D eigenvalue weighted by atomic mass is 9.95. The third-order valence-corrected chi connectivity index (χ3v) is 2.85. The van der Waals surface area contributed by atoms with E-state index in [4.69, 9.17) is 10.3 Å². The first kappa shape index (κ1) is 8.53. The molecular formula is C9H16N3O+. The number of nitrogens with two attached hydrogens (primary N) is 1. The van der Waals surface area contributed by atoms with Crippen LogP contribution in [-0.2, 0) is 0 Å². The summed E-state index contributed by atoms with van der Waals surface area (Å²) in [7, 11) is 0. The van der Waals surface area contributed by atoms with Crippen LogP contribution in [0.25, 0.3) is 0 Å². The standard InChI is InChI=1S/C9H16N3O/c1-7-9(10)13-11-12(7)8-5-3-2-4-6-8/h8H,2-6,10H2,1H3/q+1. The molecule has 1 heterocycles. The van der Waals surface area contributed by atoms with Gasteiger partial charge in [-0.15, -0.1) is 0 Å². The van der Waals surface area contributed by atoms with Crippen LogP contribution >= 0.6 is 0 Å². The molecule has 2 N–H and O–H groups in total. The van der Waals surface area contributed by atoms with Crippen molar-refractivity contribution in [2.75, 3.05) is 5.73 Å². The predicted molar refractivity (Wildman–Crippen MR) is 48.0 cm³/mol. The van der Waals surface area contributed by atoms with Crippen molar-refractivity contribution in [3.8, 4) is 0 Å². The van der Waals surface area contributed by atoms with Gasteiger partial charge in [-0.3, -0.25) is 4.52 Å². The van der Waals surface area contributed by atoms with E-state index in [0.717, 1.165) is 5.69 Å². The smallest absolute Gasteiger partial charge is 0.296 e. The first-order valence-electron chi connectivity index (χ1n) is 4.92. The Kier molecular flexibility index (Phi) is 2.20. The maximum atomic E-state index is 5.60. The van der Waals surface area contributed by atoms with E-state index in [1.54, 1.807) is 0 Å². The highest BCUT2D eigenvalue weighted by Crippen LogP contribution is 2.24. The van der Waals surface area contributed by atoms with Crippen LogP contribution in [0.2, 0.25) is 0 Å². The molecule has 1 aromatic heterocycles. The number of nitrogens with zero attached hydrogens (tertiary/aromatic N) is 2. The molecule has 1 saturated carbocycles. The average molecular weight is 182 g/mol. The van der Waals surface area contributed by atoms with Gasteiger partial charge in [0.15, 0.2) is 6.04 Å². The van der Waals surface area contributed by atoms with E-state index in [-0.39, 0.29) is 0 Å². The SMILES string of the molecule is Cc1c(N)on[n+]1C1CCCCC1. The normalized spacial score (nSPS) is 19.2. The van der Waals surface area contributed by atoms with E-state index < -0.39 is 0 Å². The van der Waals surface area contributed by atoms with E-state index in [1.165, 1.54) is 32.1 Å². The van der Waals surface area contributed by atoms with Crippen LogP contribution in [-0.4, -0.2) is 5.27 Å². The van der Waals surface area contributed by atoms with Crippen LogP contribution < -0.4 is 10.4 Å². The maximum absolute atomic E-state index is 5.60. The molecule has 1 aromatic rings. The van der Waals surface area contributed by atoms with Crippen LogP contribution in [0.4, 0.5) is 5.88 Å². The molecule has 1 aliphatic rings. The fourth-order valence-corrected chi connectivity index (χ4v) is 1.99. The zero-order valence-corrected chi connectivity index (χ0v) is 7.99. The summed E-state index contributed by atoms with van der Waals surface area (Å²) in [6.07, 6.45) is 6.35. The molecule has 0 amide bonds. The minimum atomic E-state index is 0.450. The summed E-state index contributed by atoms with van der Waals surface area (Å²) in [6.45, 7) is 1.96. The molecule has 0 spiro atoms. The Hall–Kier alpha value is -1.06. The average Bonchev–Trinajstić information content (AvgIpc) is 2.49. The first-order valence-corrected chi connectivity index (χ1v) is 4.92. The number of rotatable bonds is 1. The number of nitrogen functional groups attached to an aromatic ring is 1. The van der Waals surface area contributed by atoms with E-state index in [0.29, 0.717) is 11.9 Å². The molecular weight excluding hydrogens is 166 g/mol. The Morgan fingerprint density at radius 2 is 2.08 bits per heavy atom. The Morgan fingerprint density at radius 3 is 2.62 bits per heavy atom. The largest absolute Gasteiger partial charge is 0.362 e. The van der Waals surface area contributed by atoms with E-state index >= 15 is 0 Å². The first-order chi connectivity index (χ1) is 6.29. The Bertz CT molecular complexity index is 289. The molecule has 4 heteroatoms. The second kappa shape index (κ2) is 3.36. The van der Waals surface area contributed by atoms with Gasteiger partial charge in [0.1, 0.15) is 0 Å². The van der Waals surface area contributed by atoms with Crippen LogP contribution in [0.3, 0.4) is 0 Å². The highest BCUT2D eigenvalue weighted by molar-refractivity contribution is 5.22. The third kappa shape index (κ3) is 1.53. The molecule has 4 nitrogen and oxygen atoms in total. The zero-order chi connectivity index (χ0) is 9.26. The number of hydrogen-bond acceptors (Lipinski definition) is 3. The van der Waals surface area contributed by atoms with Crippen molar-refractivity contribution in [2.45, 2.75) is 45.1 Å². The van der Waals surface area contributed by atoms with Gasteiger partial charge in [-0.2, -0.15) is 0 Å². The van der Waals surface area contributed by atoms with Crippen molar-refractivity contribution < 1.29 is 9.20 Å². The van der Waals surface area contributed by atoms with Crippen molar-refractivity contribution in [3.05, 3.63) is 5.69 Å². The monoisotopic (exact) mass is 182 g/mol. The van der Waals surface area contributed by atoms with Crippen LogP contribution in [0.5, 0.6) is 0 Å². The van der Waals surface area contributed by atoms with E-state index in [9.17, 15) is 0 Å². The summed E-state index contributed by atoms with van der Waals surface area (Å²) < 4.78 is 6.88. The van der Waals surface area contributed by atoms with Gasteiger partial charge < -0.3 is 5.73 Å². The number of anilines is 1. The van der Waals surface area contributed by atoms with Gasteiger partial charge in [0.05, 0.1) is 0 Å². The predicted octanol–water partition coefficient (Wildman–Crippen LogP) is 1.36. The van der Waals surface area contributed by atoms with Gasteiger partial charge in [-0.25, -0.2) is 0 Å². The van der Waals surface area contributed by atoms with Crippen LogP contribution in [0.15, 0.2) is 4.52 Å². The molecule has 0 aromatic carbocycles. The molecule has 1 aliphatic carbocycles. The van der Waals surface area contributed by atoms with Gasteiger partial charge in [0.25, 0.3) is 11.6 Å². The summed E-state index contributed by atoms with van der Waals surface area (Å²) in [5, 5.41) is 3.96. The molecule has 0 atom stereocenters. The van der Waals surface area contributed by atoms with Crippen molar-refractivity contribution in [1.82, 2.24) is 5.27 Å². The molecule has 0 saturated heterocycles. The summed E-state index contributed by atoms with van der Waals surface area (Å²) in [4.78, 5) is 0. The van der Waals surface area contributed by atoms with Crippen LogP contribution in [0, 0.1) is 6.92 Å². The van der Waals surface area contributed by atoms with Crippen molar-refractivity contribution in [2.24, 2.45) is 0 Å². The lowest BCUT2D eigenvalue weighted by Crippen LogP contribution is -2.44. The maximum Gasteiger partial charge on any atom is 0.296 e. The Labute approximate surface area is 77.7 Å². The number of hydrogen-bond donors (Lipinski definition) is 1. The second-order valence-corrected chi connectivity index (χ2v) is 3.76. The van der Waals surface area contributed by atoms with Gasteiger partial charge >= 0.3 is 0 Å². The Balaban J connectivity index is 2.18. The van der Waals surface area contributed by atoms with Gasteiger partial charge in [0.2, 0.25) is 5.27 Å². The van der Waals surface area contributed by atoms with Gasteiger partial charge in [-0.05, 0) is 17.5 Å². The second-order valence-electron chi connectivity index (χ2n) is 3.76. The quantitative estimate of drug-likeness (QED) is 0.667. The lowest BCUT2D eigenvalue weighted by Gasteiger charge is -2.13. The molecule has 0 radical (unpaired) electrons. The summed E-state index contributed by atoms with van der Waals surface area (Å²) in [5.74, 6) is 0.450. The zero-order valence-electron chi connectivity index (χ0n) is 7.99. The minimum Gasteiger partial charge on any atom is -0.362 e. The minimum absolute atomic E-state index is 0.450. The molecule has 0 bridgehead atoms. The Morgan fingerprint density at radius 1 is 1.38 bits per heavy atom. The molecule has 13 heavy (non-hydrogen) atoms. The topological polar surface area (TPSA) is 55.9 Å². The van der Waals surface area contributed by atoms with Gasteiger partial charge in [-0.1, -0.05) is 6.42 Å². The lowest BCUT2D eigenvalue weighted by molar-refractivity contribution is -0.791. The third-order valence-electron chi connectivity index (χ3n) is 2.85. The van der Waals surface area contributed by atoms with E-state index in [2.05, 4.69) is 5.27 Å². The summed E-state index contributed by atoms with van der Waals surface area (Å²) >= 11 is 0. The molecule has 0 unspecified atom stereocenters. The van der Waals surface area contributed by atoms with Gasteiger partial charge in [0, 0.05) is 19.8 Å². The fourth-order valence-electron chi connectivity index (χ4n) is 1.99. The van der Waals surface area contributed by atoms with E-state index in [1.807, 2.05) is 11.6 Å². The fraction of sp³-hybridized carbons (Fsp3) is 0.778. The summed E-state index contributed by atoms with van der Waals surface area (Å²) in [5.41, 5.74) is 6.56. The molecule has 0 aliphatic heterocycles. The highest BCUT2D eigenvalue weighted by Gasteiger charge is 2.29. The van der Waals surface area contributed by atoms with Crippen molar-refractivity contribution in [3.63, 3.8) is 0 Å². The molecule has 72 valence electrons. The van der Waals surface area contributed by atoms with Crippen LogP contribution in [0.1, 0.15) is 43.8 Å². The summed E-state index contributed by atoms with van der Waals surface area (Å²) in [6, 6.07) is 0.509. The highest BCUT2D eigenvalue weighted by atomic mass is 16.5. The molecule has 2 rings (SSSR count). The van der Waals surface area contributed by atoms with Crippen molar-refractivity contribution >= 4 is 5.88 Å². The number of aromatic nitrogens is 2. The van der Waals surface area contributed by atoms with Crippen molar-refractivity contribution in [1.29, 1.82) is 0 Å². The molecule has 1 fully saturated rings.